The fourth-order valence-corrected chi connectivity index (χ4v) is 2.36. The Labute approximate surface area is 95.0 Å². The number of hydrogen-bond donors (Lipinski definition) is 1. The van der Waals surface area contributed by atoms with E-state index in [0.717, 1.165) is 30.4 Å². The van der Waals surface area contributed by atoms with Gasteiger partial charge in [-0.3, -0.25) is 0 Å². The molecule has 1 aliphatic rings. The summed E-state index contributed by atoms with van der Waals surface area (Å²) in [6.45, 7) is 5.74. The molecule has 1 saturated carbocycles. The van der Waals surface area contributed by atoms with E-state index in [0.29, 0.717) is 4.75 Å². The fourth-order valence-electron chi connectivity index (χ4n) is 1.60. The highest BCUT2D eigenvalue weighted by Crippen LogP contribution is 2.46. The Morgan fingerprint density at radius 2 is 2.20 bits per heavy atom. The topological polar surface area (TPSA) is 38.1 Å². The van der Waals surface area contributed by atoms with Crippen LogP contribution in [0.15, 0.2) is 4.42 Å². The maximum atomic E-state index is 5.50. The number of aryl methyl sites for hydroxylation is 2. The molecule has 84 valence electrons. The van der Waals surface area contributed by atoms with Gasteiger partial charge in [-0.1, -0.05) is 0 Å². The monoisotopic (exact) mass is 226 g/mol. The average molecular weight is 226 g/mol. The van der Waals surface area contributed by atoms with Crippen LogP contribution in [-0.2, 0) is 6.54 Å². The van der Waals surface area contributed by atoms with E-state index in [-0.39, 0.29) is 0 Å². The van der Waals surface area contributed by atoms with E-state index in [1.807, 2.05) is 25.6 Å². The minimum Gasteiger partial charge on any atom is -0.444 e. The van der Waals surface area contributed by atoms with Crippen molar-refractivity contribution in [2.24, 2.45) is 0 Å². The zero-order valence-electron chi connectivity index (χ0n) is 9.59. The van der Waals surface area contributed by atoms with Gasteiger partial charge in [-0.05, 0) is 32.9 Å². The van der Waals surface area contributed by atoms with Crippen molar-refractivity contribution in [3.8, 4) is 0 Å². The first-order valence-corrected chi connectivity index (χ1v) is 6.56. The highest BCUT2D eigenvalue weighted by atomic mass is 32.2. The van der Waals surface area contributed by atoms with Crippen LogP contribution in [0.4, 0.5) is 0 Å². The van der Waals surface area contributed by atoms with Gasteiger partial charge in [0.15, 0.2) is 0 Å². The summed E-state index contributed by atoms with van der Waals surface area (Å²) < 4.78 is 6.01. The zero-order chi connectivity index (χ0) is 10.9. The van der Waals surface area contributed by atoms with Crippen LogP contribution in [0.1, 0.15) is 30.2 Å². The third-order valence-corrected chi connectivity index (χ3v) is 4.46. The summed E-state index contributed by atoms with van der Waals surface area (Å²) in [4.78, 5) is 4.34. The zero-order valence-corrected chi connectivity index (χ0v) is 10.4. The van der Waals surface area contributed by atoms with Gasteiger partial charge in [-0.25, -0.2) is 4.98 Å². The Kier molecular flexibility index (Phi) is 3.07. The van der Waals surface area contributed by atoms with Gasteiger partial charge in [-0.2, -0.15) is 11.8 Å². The molecule has 3 nitrogen and oxygen atoms in total. The maximum Gasteiger partial charge on any atom is 0.208 e. The van der Waals surface area contributed by atoms with E-state index in [4.69, 9.17) is 4.42 Å². The van der Waals surface area contributed by atoms with E-state index in [1.54, 1.807) is 0 Å². The molecular formula is C11H18N2OS. The lowest BCUT2D eigenvalue weighted by Crippen LogP contribution is -2.25. The largest absolute Gasteiger partial charge is 0.444 e. The fraction of sp³-hybridized carbons (Fsp3) is 0.727. The Bertz CT molecular complexity index is 325. The Balaban J connectivity index is 1.78. The molecule has 1 N–H and O–H groups in total. The summed E-state index contributed by atoms with van der Waals surface area (Å²) in [5.74, 6) is 1.74. The second kappa shape index (κ2) is 4.18. The number of hydrogen-bond acceptors (Lipinski definition) is 4. The second-order valence-corrected chi connectivity index (χ2v) is 5.51. The first kappa shape index (κ1) is 11.0. The van der Waals surface area contributed by atoms with E-state index in [9.17, 15) is 0 Å². The summed E-state index contributed by atoms with van der Waals surface area (Å²) >= 11 is 1.97. The molecule has 0 aromatic carbocycles. The van der Waals surface area contributed by atoms with Gasteiger partial charge in [-0.15, -0.1) is 0 Å². The van der Waals surface area contributed by atoms with Gasteiger partial charge in [0.25, 0.3) is 0 Å². The molecule has 0 amide bonds. The molecule has 1 aromatic rings. The first-order valence-electron chi connectivity index (χ1n) is 5.34. The number of thioether (sulfide) groups is 1. The Hall–Kier alpha value is -0.480. The lowest BCUT2D eigenvalue weighted by molar-refractivity contribution is 0.448. The summed E-state index contributed by atoms with van der Waals surface area (Å²) in [6.07, 6.45) is 4.86. The predicted octanol–water partition coefficient (Wildman–Crippen LogP) is 2.28. The molecule has 0 unspecified atom stereocenters. The summed E-state index contributed by atoms with van der Waals surface area (Å²) in [6, 6.07) is 0. The average Bonchev–Trinajstić information content (AvgIpc) is 2.91. The highest BCUT2D eigenvalue weighted by Gasteiger charge is 2.41. The number of oxazole rings is 1. The van der Waals surface area contributed by atoms with Crippen LogP contribution >= 0.6 is 11.8 Å². The van der Waals surface area contributed by atoms with E-state index in [2.05, 4.69) is 16.6 Å². The van der Waals surface area contributed by atoms with Crippen molar-refractivity contribution >= 4 is 11.8 Å². The molecule has 0 saturated heterocycles. The lowest BCUT2D eigenvalue weighted by atomic mass is 10.4. The van der Waals surface area contributed by atoms with Crippen LogP contribution in [0.25, 0.3) is 0 Å². The molecule has 0 aliphatic heterocycles. The van der Waals surface area contributed by atoms with Crippen LogP contribution in [0.3, 0.4) is 0 Å². The molecule has 0 radical (unpaired) electrons. The Morgan fingerprint density at radius 3 is 2.67 bits per heavy atom. The first-order chi connectivity index (χ1) is 7.15. The number of nitrogens with zero attached hydrogens (tertiary/aromatic N) is 1. The van der Waals surface area contributed by atoms with Gasteiger partial charge in [0.1, 0.15) is 5.76 Å². The van der Waals surface area contributed by atoms with Crippen LogP contribution in [-0.4, -0.2) is 22.5 Å². The highest BCUT2D eigenvalue weighted by molar-refractivity contribution is 8.00. The molecule has 0 bridgehead atoms. The normalized spacial score (nSPS) is 18.1. The Morgan fingerprint density at radius 1 is 1.47 bits per heavy atom. The van der Waals surface area contributed by atoms with Crippen LogP contribution in [0.5, 0.6) is 0 Å². The molecular weight excluding hydrogens is 208 g/mol. The van der Waals surface area contributed by atoms with Gasteiger partial charge in [0.2, 0.25) is 5.89 Å². The third-order valence-electron chi connectivity index (χ3n) is 3.04. The second-order valence-electron chi connectivity index (χ2n) is 4.24. The molecule has 15 heavy (non-hydrogen) atoms. The van der Waals surface area contributed by atoms with E-state index in [1.165, 1.54) is 12.8 Å². The molecule has 4 heteroatoms. The minimum atomic E-state index is 0.511. The molecule has 1 aromatic heterocycles. The van der Waals surface area contributed by atoms with E-state index >= 15 is 0 Å². The van der Waals surface area contributed by atoms with Crippen molar-refractivity contribution < 1.29 is 4.42 Å². The SMILES string of the molecule is CSC1(CNCc2nc(C)c(C)o2)CC1. The summed E-state index contributed by atoms with van der Waals surface area (Å²) in [5, 5.41) is 3.42. The standard InChI is InChI=1S/C11H18N2OS/c1-8-9(2)14-10(13-8)6-12-7-11(15-3)4-5-11/h12H,4-7H2,1-3H3. The summed E-state index contributed by atoms with van der Waals surface area (Å²) in [5.41, 5.74) is 0.998. The van der Waals surface area contributed by atoms with Crippen molar-refractivity contribution in [1.29, 1.82) is 0 Å². The van der Waals surface area contributed by atoms with Crippen molar-refractivity contribution in [1.82, 2.24) is 10.3 Å². The smallest absolute Gasteiger partial charge is 0.208 e. The molecule has 1 fully saturated rings. The van der Waals surface area contributed by atoms with Gasteiger partial charge in [0, 0.05) is 11.3 Å². The molecule has 0 spiro atoms. The quantitative estimate of drug-likeness (QED) is 0.836. The summed E-state index contributed by atoms with van der Waals surface area (Å²) in [7, 11) is 0. The van der Waals surface area contributed by atoms with Crippen molar-refractivity contribution in [2.75, 3.05) is 12.8 Å². The lowest BCUT2D eigenvalue weighted by Gasteiger charge is -2.11. The number of nitrogens with one attached hydrogen (secondary N) is 1. The third kappa shape index (κ3) is 2.55. The maximum absolute atomic E-state index is 5.50. The molecule has 0 atom stereocenters. The number of rotatable bonds is 5. The number of aromatic nitrogens is 1. The molecule has 1 aliphatic carbocycles. The van der Waals surface area contributed by atoms with E-state index < -0.39 is 0 Å². The minimum absolute atomic E-state index is 0.511. The van der Waals surface area contributed by atoms with Crippen LogP contribution in [0.2, 0.25) is 0 Å². The van der Waals surface area contributed by atoms with Gasteiger partial charge in [0.05, 0.1) is 12.2 Å². The van der Waals surface area contributed by atoms with Gasteiger partial charge < -0.3 is 9.73 Å². The molecule has 1 heterocycles. The molecule has 2 rings (SSSR count). The van der Waals surface area contributed by atoms with Gasteiger partial charge >= 0.3 is 0 Å². The predicted molar refractivity (Wildman–Crippen MR) is 63.2 cm³/mol. The van der Waals surface area contributed by atoms with Crippen LogP contribution in [0, 0.1) is 13.8 Å². The van der Waals surface area contributed by atoms with Crippen molar-refractivity contribution in [3.05, 3.63) is 17.3 Å². The van der Waals surface area contributed by atoms with Crippen LogP contribution < -0.4 is 5.32 Å². The van der Waals surface area contributed by atoms with Crippen molar-refractivity contribution in [3.63, 3.8) is 0 Å². The van der Waals surface area contributed by atoms with Crippen molar-refractivity contribution in [2.45, 2.75) is 38.0 Å².